The molecule has 0 bridgehead atoms. The minimum absolute atomic E-state index is 0.0286. The summed E-state index contributed by atoms with van der Waals surface area (Å²) in [5.74, 6) is -1.94. The zero-order chi connectivity index (χ0) is 16.4. The summed E-state index contributed by atoms with van der Waals surface area (Å²) in [5.41, 5.74) is 0. The standard InChI is InChI=1S/C17H30O5/c1-2-3-4-5-6-10-15(18)12-22-17(21)14-9-7-8-13(11-14)16(19)20/h13-15,18H,2-12H2,1H3,(H,19,20). The summed E-state index contributed by atoms with van der Waals surface area (Å²) in [6, 6.07) is 0. The molecule has 1 saturated carbocycles. The lowest BCUT2D eigenvalue weighted by Crippen LogP contribution is -2.30. The normalized spacial score (nSPS) is 23.0. The van der Waals surface area contributed by atoms with E-state index in [1.807, 2.05) is 0 Å². The fourth-order valence-electron chi connectivity index (χ4n) is 2.99. The second kappa shape index (κ2) is 10.6. The van der Waals surface area contributed by atoms with Gasteiger partial charge in [0.1, 0.15) is 6.61 Å². The minimum Gasteiger partial charge on any atom is -0.481 e. The highest BCUT2D eigenvalue weighted by Crippen LogP contribution is 2.30. The van der Waals surface area contributed by atoms with Crippen molar-refractivity contribution in [2.24, 2.45) is 11.8 Å². The summed E-state index contributed by atoms with van der Waals surface area (Å²) >= 11 is 0. The fraction of sp³-hybridized carbons (Fsp3) is 0.882. The summed E-state index contributed by atoms with van der Waals surface area (Å²) < 4.78 is 5.17. The van der Waals surface area contributed by atoms with Crippen LogP contribution in [0.1, 0.15) is 71.1 Å². The maximum absolute atomic E-state index is 12.0. The molecule has 22 heavy (non-hydrogen) atoms. The van der Waals surface area contributed by atoms with E-state index in [-0.39, 0.29) is 18.5 Å². The van der Waals surface area contributed by atoms with E-state index < -0.39 is 18.0 Å². The molecule has 1 aliphatic rings. The molecule has 0 spiro atoms. The number of unbranched alkanes of at least 4 members (excludes halogenated alkanes) is 4. The number of esters is 1. The first-order chi connectivity index (χ1) is 10.5. The van der Waals surface area contributed by atoms with Crippen molar-refractivity contribution in [3.8, 4) is 0 Å². The predicted molar refractivity (Wildman–Crippen MR) is 83.4 cm³/mol. The molecule has 3 atom stereocenters. The minimum atomic E-state index is -0.829. The number of carboxylic acid groups (broad SMARTS) is 1. The van der Waals surface area contributed by atoms with Gasteiger partial charge in [0.05, 0.1) is 17.9 Å². The van der Waals surface area contributed by atoms with Gasteiger partial charge < -0.3 is 14.9 Å². The average molecular weight is 314 g/mol. The van der Waals surface area contributed by atoms with E-state index in [0.29, 0.717) is 25.7 Å². The molecule has 0 amide bonds. The molecular weight excluding hydrogens is 284 g/mol. The van der Waals surface area contributed by atoms with Gasteiger partial charge in [-0.05, 0) is 25.7 Å². The van der Waals surface area contributed by atoms with Crippen molar-refractivity contribution >= 4 is 11.9 Å². The summed E-state index contributed by atoms with van der Waals surface area (Å²) in [6.45, 7) is 2.19. The first-order valence-corrected chi connectivity index (χ1v) is 8.62. The van der Waals surface area contributed by atoms with Gasteiger partial charge in [0.2, 0.25) is 0 Å². The lowest BCUT2D eigenvalue weighted by molar-refractivity contribution is -0.155. The SMILES string of the molecule is CCCCCCCC(O)COC(=O)C1CCCC(C(=O)O)C1. The van der Waals surface area contributed by atoms with Crippen molar-refractivity contribution in [2.75, 3.05) is 6.61 Å². The van der Waals surface area contributed by atoms with Gasteiger partial charge in [0.15, 0.2) is 0 Å². The number of rotatable bonds is 10. The number of carbonyl (C=O) groups is 2. The number of hydrogen-bond acceptors (Lipinski definition) is 4. The zero-order valence-corrected chi connectivity index (χ0v) is 13.6. The number of aliphatic hydroxyl groups is 1. The molecule has 0 aromatic carbocycles. The Labute approximate surface area is 133 Å². The summed E-state index contributed by atoms with van der Waals surface area (Å²) in [6.07, 6.45) is 8.12. The number of aliphatic hydroxyl groups excluding tert-OH is 1. The van der Waals surface area contributed by atoms with Crippen LogP contribution in [0, 0.1) is 11.8 Å². The van der Waals surface area contributed by atoms with Gasteiger partial charge >= 0.3 is 11.9 Å². The lowest BCUT2D eigenvalue weighted by Gasteiger charge is -2.25. The van der Waals surface area contributed by atoms with Gasteiger partial charge in [-0.1, -0.05) is 45.4 Å². The molecular formula is C17H30O5. The highest BCUT2D eigenvalue weighted by atomic mass is 16.5. The van der Waals surface area contributed by atoms with Crippen LogP contribution in [0.2, 0.25) is 0 Å². The van der Waals surface area contributed by atoms with Crippen molar-refractivity contribution in [3.63, 3.8) is 0 Å². The van der Waals surface area contributed by atoms with Crippen molar-refractivity contribution in [1.29, 1.82) is 0 Å². The zero-order valence-electron chi connectivity index (χ0n) is 13.6. The van der Waals surface area contributed by atoms with Crippen LogP contribution in [0.3, 0.4) is 0 Å². The van der Waals surface area contributed by atoms with Crippen LogP contribution in [0.4, 0.5) is 0 Å². The third-order valence-corrected chi connectivity index (χ3v) is 4.42. The van der Waals surface area contributed by atoms with E-state index in [4.69, 9.17) is 9.84 Å². The Morgan fingerprint density at radius 2 is 1.82 bits per heavy atom. The Morgan fingerprint density at radius 3 is 2.50 bits per heavy atom. The van der Waals surface area contributed by atoms with E-state index in [9.17, 15) is 14.7 Å². The molecule has 0 saturated heterocycles. The van der Waals surface area contributed by atoms with E-state index >= 15 is 0 Å². The van der Waals surface area contributed by atoms with E-state index in [0.717, 1.165) is 19.3 Å². The van der Waals surface area contributed by atoms with Gasteiger partial charge in [-0.25, -0.2) is 0 Å². The van der Waals surface area contributed by atoms with Crippen LogP contribution >= 0.6 is 0 Å². The molecule has 3 unspecified atom stereocenters. The topological polar surface area (TPSA) is 83.8 Å². The van der Waals surface area contributed by atoms with Gasteiger partial charge in [-0.15, -0.1) is 0 Å². The average Bonchev–Trinajstić information content (AvgIpc) is 2.52. The van der Waals surface area contributed by atoms with E-state index in [1.54, 1.807) is 0 Å². The highest BCUT2D eigenvalue weighted by molar-refractivity contribution is 5.75. The Morgan fingerprint density at radius 1 is 1.14 bits per heavy atom. The lowest BCUT2D eigenvalue weighted by atomic mass is 9.81. The summed E-state index contributed by atoms with van der Waals surface area (Å²) in [5, 5.41) is 18.8. The molecule has 1 fully saturated rings. The molecule has 0 heterocycles. The van der Waals surface area contributed by atoms with Gasteiger partial charge in [-0.3, -0.25) is 9.59 Å². The quantitative estimate of drug-likeness (QED) is 0.478. The Kier molecular flexibility index (Phi) is 9.13. The summed E-state index contributed by atoms with van der Waals surface area (Å²) in [7, 11) is 0. The van der Waals surface area contributed by atoms with Crippen LogP contribution in [0.5, 0.6) is 0 Å². The molecule has 0 aliphatic heterocycles. The van der Waals surface area contributed by atoms with Crippen molar-refractivity contribution in [1.82, 2.24) is 0 Å². The van der Waals surface area contributed by atoms with Crippen LogP contribution in [0.25, 0.3) is 0 Å². The molecule has 1 rings (SSSR count). The molecule has 0 aromatic heterocycles. The van der Waals surface area contributed by atoms with Crippen molar-refractivity contribution in [2.45, 2.75) is 77.2 Å². The highest BCUT2D eigenvalue weighted by Gasteiger charge is 2.32. The number of carbonyl (C=O) groups excluding carboxylic acids is 1. The Balaban J connectivity index is 2.17. The van der Waals surface area contributed by atoms with Crippen molar-refractivity contribution < 1.29 is 24.5 Å². The molecule has 5 heteroatoms. The largest absolute Gasteiger partial charge is 0.481 e. The van der Waals surface area contributed by atoms with E-state index in [2.05, 4.69) is 6.92 Å². The number of ether oxygens (including phenoxy) is 1. The number of hydrogen-bond donors (Lipinski definition) is 2. The third-order valence-electron chi connectivity index (χ3n) is 4.42. The monoisotopic (exact) mass is 314 g/mol. The molecule has 0 aromatic rings. The molecule has 0 radical (unpaired) electrons. The molecule has 2 N–H and O–H groups in total. The van der Waals surface area contributed by atoms with Gasteiger partial charge in [-0.2, -0.15) is 0 Å². The smallest absolute Gasteiger partial charge is 0.309 e. The fourth-order valence-corrected chi connectivity index (χ4v) is 2.99. The second-order valence-electron chi connectivity index (χ2n) is 6.39. The Hall–Kier alpha value is -1.10. The first-order valence-electron chi connectivity index (χ1n) is 8.62. The predicted octanol–water partition coefficient (Wildman–Crippen LogP) is 3.14. The van der Waals surface area contributed by atoms with Crippen molar-refractivity contribution in [3.05, 3.63) is 0 Å². The second-order valence-corrected chi connectivity index (χ2v) is 6.39. The molecule has 128 valence electrons. The Bertz CT molecular complexity index is 342. The number of aliphatic carboxylic acids is 1. The van der Waals surface area contributed by atoms with Gasteiger partial charge in [0.25, 0.3) is 0 Å². The first kappa shape index (κ1) is 18.9. The molecule has 1 aliphatic carbocycles. The van der Waals surface area contributed by atoms with Crippen LogP contribution < -0.4 is 0 Å². The van der Waals surface area contributed by atoms with Crippen LogP contribution in [-0.2, 0) is 14.3 Å². The van der Waals surface area contributed by atoms with Crippen LogP contribution in [0.15, 0.2) is 0 Å². The maximum Gasteiger partial charge on any atom is 0.309 e. The number of carboxylic acids is 1. The van der Waals surface area contributed by atoms with E-state index in [1.165, 1.54) is 19.3 Å². The van der Waals surface area contributed by atoms with Crippen LogP contribution in [-0.4, -0.2) is 34.9 Å². The maximum atomic E-state index is 12.0. The third kappa shape index (κ3) is 7.25. The summed E-state index contributed by atoms with van der Waals surface area (Å²) in [4.78, 5) is 22.9. The van der Waals surface area contributed by atoms with Gasteiger partial charge in [0, 0.05) is 0 Å². The molecule has 5 nitrogen and oxygen atoms in total.